The van der Waals surface area contributed by atoms with Gasteiger partial charge in [0.2, 0.25) is 0 Å². The second kappa shape index (κ2) is 7.74. The molecule has 0 spiro atoms. The van der Waals surface area contributed by atoms with Crippen molar-refractivity contribution < 1.29 is 4.79 Å². The lowest BCUT2D eigenvalue weighted by atomic mass is 10.0. The van der Waals surface area contributed by atoms with Crippen LogP contribution >= 0.6 is 0 Å². The molecule has 26 heavy (non-hydrogen) atoms. The number of hydrogen-bond acceptors (Lipinski definition) is 5. The van der Waals surface area contributed by atoms with E-state index in [-0.39, 0.29) is 17.2 Å². The van der Waals surface area contributed by atoms with Crippen LogP contribution in [0, 0.1) is 12.3 Å². The Morgan fingerprint density at radius 2 is 1.92 bits per heavy atom. The topological polar surface area (TPSA) is 88.7 Å². The Morgan fingerprint density at radius 3 is 2.62 bits per heavy atom. The number of benzene rings is 1. The van der Waals surface area contributed by atoms with Crippen LogP contribution in [-0.2, 0) is 6.54 Å². The summed E-state index contributed by atoms with van der Waals surface area (Å²) in [5, 5.41) is 15.0. The summed E-state index contributed by atoms with van der Waals surface area (Å²) in [7, 11) is 0. The molecule has 1 aromatic heterocycles. The molecule has 7 nitrogen and oxygen atoms in total. The highest BCUT2D eigenvalue weighted by molar-refractivity contribution is 5.91. The van der Waals surface area contributed by atoms with Crippen molar-refractivity contribution in [3.05, 3.63) is 64.1 Å². The maximum Gasteiger partial charge on any atom is 0.271 e. The van der Waals surface area contributed by atoms with Crippen LogP contribution in [0.5, 0.6) is 0 Å². The molecule has 0 saturated heterocycles. The molecule has 1 aliphatic rings. The summed E-state index contributed by atoms with van der Waals surface area (Å²) in [4.78, 5) is 24.3. The Bertz CT molecular complexity index is 906. The summed E-state index contributed by atoms with van der Waals surface area (Å²) in [5.74, 6) is 2.24. The largest absolute Gasteiger partial charge is 0.350 e. The summed E-state index contributed by atoms with van der Waals surface area (Å²) < 4.78 is 1.28. The van der Waals surface area contributed by atoms with Crippen molar-refractivity contribution in [2.75, 3.05) is 6.54 Å². The minimum atomic E-state index is -0.431. The molecule has 3 rings (SSSR count). The molecule has 0 unspecified atom stereocenters. The zero-order valence-corrected chi connectivity index (χ0v) is 14.3. The first-order chi connectivity index (χ1) is 12.6. The fraction of sp³-hybridized carbons (Fsp3) is 0.316. The average molecular weight is 349 g/mol. The molecule has 0 aliphatic carbocycles. The van der Waals surface area contributed by atoms with Crippen molar-refractivity contribution in [1.29, 1.82) is 0 Å². The molecule has 0 radical (unpaired) electrons. The molecular weight excluding hydrogens is 330 g/mol. The lowest BCUT2D eigenvalue weighted by Crippen LogP contribution is -2.32. The van der Waals surface area contributed by atoms with E-state index in [2.05, 4.69) is 26.6 Å². The molecule has 0 bridgehead atoms. The predicted octanol–water partition coefficient (Wildman–Crippen LogP) is 1.99. The smallest absolute Gasteiger partial charge is 0.271 e. The minimum Gasteiger partial charge on any atom is -0.350 e. The standard InChI is InChI=1S/C19H19N5O2/c1-2-3-11-19(22-23-19)12-13-20-18(26)16-9-10-17(25)24(21-16)14-15-7-5-4-6-8-15/h1,4-10H,3,11-14H2,(H,20,26). The predicted molar refractivity (Wildman–Crippen MR) is 96.6 cm³/mol. The van der Waals surface area contributed by atoms with Crippen LogP contribution in [0.3, 0.4) is 0 Å². The average Bonchev–Trinajstić information content (AvgIpc) is 3.42. The van der Waals surface area contributed by atoms with Gasteiger partial charge in [-0.05, 0) is 11.6 Å². The maximum absolute atomic E-state index is 12.3. The molecule has 0 atom stereocenters. The number of terminal acetylenes is 1. The van der Waals surface area contributed by atoms with E-state index in [9.17, 15) is 9.59 Å². The highest BCUT2D eigenvalue weighted by atomic mass is 16.2. The van der Waals surface area contributed by atoms with E-state index in [1.807, 2.05) is 30.3 Å². The van der Waals surface area contributed by atoms with Gasteiger partial charge in [0.25, 0.3) is 11.5 Å². The van der Waals surface area contributed by atoms with Crippen molar-refractivity contribution in [1.82, 2.24) is 15.1 Å². The second-order valence-electron chi connectivity index (χ2n) is 6.09. The van der Waals surface area contributed by atoms with Gasteiger partial charge in [0.15, 0.2) is 5.66 Å². The van der Waals surface area contributed by atoms with Gasteiger partial charge < -0.3 is 5.32 Å². The van der Waals surface area contributed by atoms with Crippen LogP contribution in [0.1, 0.15) is 35.3 Å². The van der Waals surface area contributed by atoms with E-state index in [1.165, 1.54) is 16.8 Å². The number of hydrogen-bond donors (Lipinski definition) is 1. The Hall–Kier alpha value is -3.27. The Morgan fingerprint density at radius 1 is 1.15 bits per heavy atom. The van der Waals surface area contributed by atoms with Crippen LogP contribution < -0.4 is 10.9 Å². The molecule has 1 amide bonds. The van der Waals surface area contributed by atoms with Crippen LogP contribution in [0.15, 0.2) is 57.5 Å². The van der Waals surface area contributed by atoms with Crippen LogP contribution in [-0.4, -0.2) is 27.9 Å². The molecule has 2 heterocycles. The Balaban J connectivity index is 1.59. The van der Waals surface area contributed by atoms with Gasteiger partial charge in [-0.25, -0.2) is 4.68 Å². The zero-order valence-electron chi connectivity index (χ0n) is 14.3. The number of carbonyl (C=O) groups is 1. The summed E-state index contributed by atoms with van der Waals surface area (Å²) >= 11 is 0. The summed E-state index contributed by atoms with van der Waals surface area (Å²) in [6.45, 7) is 0.726. The maximum atomic E-state index is 12.3. The monoisotopic (exact) mass is 349 g/mol. The van der Waals surface area contributed by atoms with Crippen molar-refractivity contribution in [2.24, 2.45) is 10.2 Å². The SMILES string of the molecule is C#CCCC1(CCNC(=O)c2ccc(=O)n(Cc3ccccc3)n2)N=N1. The van der Waals surface area contributed by atoms with E-state index in [1.54, 1.807) is 0 Å². The zero-order chi connectivity index (χ0) is 18.4. The molecule has 7 heteroatoms. The van der Waals surface area contributed by atoms with Gasteiger partial charge in [-0.3, -0.25) is 9.59 Å². The third-order valence-electron chi connectivity index (χ3n) is 4.14. The van der Waals surface area contributed by atoms with E-state index in [0.717, 1.165) is 5.56 Å². The summed E-state index contributed by atoms with van der Waals surface area (Å²) in [6.07, 6.45) is 7.16. The molecular formula is C19H19N5O2. The van der Waals surface area contributed by atoms with E-state index in [4.69, 9.17) is 6.42 Å². The molecule has 1 N–H and O–H groups in total. The van der Waals surface area contributed by atoms with Gasteiger partial charge in [0.1, 0.15) is 5.69 Å². The van der Waals surface area contributed by atoms with Crippen LogP contribution in [0.2, 0.25) is 0 Å². The number of nitrogens with one attached hydrogen (secondary N) is 1. The first-order valence-electron chi connectivity index (χ1n) is 8.40. The van der Waals surface area contributed by atoms with E-state index >= 15 is 0 Å². The van der Waals surface area contributed by atoms with Crippen molar-refractivity contribution in [3.63, 3.8) is 0 Å². The molecule has 1 aromatic carbocycles. The summed E-state index contributed by atoms with van der Waals surface area (Å²) in [5.41, 5.74) is 0.447. The van der Waals surface area contributed by atoms with Crippen molar-refractivity contribution in [2.45, 2.75) is 31.5 Å². The Labute approximate surface area is 151 Å². The first-order valence-corrected chi connectivity index (χ1v) is 8.40. The molecule has 1 aliphatic heterocycles. The number of aromatic nitrogens is 2. The van der Waals surface area contributed by atoms with Gasteiger partial charge in [-0.2, -0.15) is 15.3 Å². The van der Waals surface area contributed by atoms with Crippen molar-refractivity contribution >= 4 is 5.91 Å². The van der Waals surface area contributed by atoms with E-state index < -0.39 is 5.66 Å². The Kier molecular flexibility index (Phi) is 5.23. The third-order valence-corrected chi connectivity index (χ3v) is 4.14. The number of amides is 1. The van der Waals surface area contributed by atoms with Gasteiger partial charge in [0.05, 0.1) is 6.54 Å². The highest BCUT2D eigenvalue weighted by Gasteiger charge is 2.38. The molecule has 0 saturated carbocycles. The van der Waals surface area contributed by atoms with Gasteiger partial charge >= 0.3 is 0 Å². The fourth-order valence-electron chi connectivity index (χ4n) is 2.57. The van der Waals surface area contributed by atoms with E-state index in [0.29, 0.717) is 32.4 Å². The number of rotatable bonds is 8. The van der Waals surface area contributed by atoms with Crippen LogP contribution in [0.25, 0.3) is 0 Å². The quantitative estimate of drug-likeness (QED) is 0.739. The highest BCUT2D eigenvalue weighted by Crippen LogP contribution is 2.35. The van der Waals surface area contributed by atoms with Crippen molar-refractivity contribution in [3.8, 4) is 12.3 Å². The minimum absolute atomic E-state index is 0.197. The molecule has 2 aromatic rings. The summed E-state index contributed by atoms with van der Waals surface area (Å²) in [6, 6.07) is 12.3. The third kappa shape index (κ3) is 4.42. The molecule has 0 fully saturated rings. The molecule has 132 valence electrons. The van der Waals surface area contributed by atoms with Crippen LogP contribution in [0.4, 0.5) is 0 Å². The lowest BCUT2D eigenvalue weighted by Gasteiger charge is -2.10. The fourth-order valence-corrected chi connectivity index (χ4v) is 2.57. The normalized spacial score (nSPS) is 13.8. The number of carbonyl (C=O) groups excluding carboxylic acids is 1. The number of nitrogens with zero attached hydrogens (tertiary/aromatic N) is 4. The first kappa shape index (κ1) is 17.5. The lowest BCUT2D eigenvalue weighted by molar-refractivity contribution is 0.0944. The second-order valence-corrected chi connectivity index (χ2v) is 6.09. The van der Waals surface area contributed by atoms with Gasteiger partial charge in [-0.1, -0.05) is 30.3 Å². The van der Waals surface area contributed by atoms with Gasteiger partial charge in [0, 0.05) is 31.9 Å². The van der Waals surface area contributed by atoms with Gasteiger partial charge in [-0.15, -0.1) is 12.3 Å².